The number of thiazole rings is 1. The average molecular weight is 316 g/mol. The number of amides is 3. The van der Waals surface area contributed by atoms with Gasteiger partial charge in [-0.25, -0.2) is 9.78 Å². The predicted molar refractivity (Wildman–Crippen MR) is 72.2 cm³/mol. The molecule has 11 heteroatoms. The number of nitrogens with one attached hydrogen (secondary N) is 1. The zero-order valence-electron chi connectivity index (χ0n) is 10.9. The Morgan fingerprint density at radius 3 is 2.67 bits per heavy atom. The van der Waals surface area contributed by atoms with Crippen molar-refractivity contribution in [3.63, 3.8) is 0 Å². The summed E-state index contributed by atoms with van der Waals surface area (Å²) >= 11 is 0.614. The summed E-state index contributed by atoms with van der Waals surface area (Å²) in [5, 5.41) is 21.0. The molecule has 1 heterocycles. The van der Waals surface area contributed by atoms with Gasteiger partial charge >= 0.3 is 17.0 Å². The Hall–Kier alpha value is -2.56. The summed E-state index contributed by atoms with van der Waals surface area (Å²) in [6.45, 7) is 1.28. The molecular weight excluding hydrogens is 304 g/mol. The number of carboxylic acid groups (broad SMARTS) is 1. The topological polar surface area (TPSA) is 143 Å². The van der Waals surface area contributed by atoms with Crippen molar-refractivity contribution < 1.29 is 24.4 Å². The highest BCUT2D eigenvalue weighted by Crippen LogP contribution is 2.28. The van der Waals surface area contributed by atoms with Crippen molar-refractivity contribution in [2.45, 2.75) is 19.8 Å². The van der Waals surface area contributed by atoms with Gasteiger partial charge in [-0.3, -0.25) is 29.9 Å². The fourth-order valence-corrected chi connectivity index (χ4v) is 1.99. The molecule has 2 N–H and O–H groups in total. The lowest BCUT2D eigenvalue weighted by molar-refractivity contribution is -0.380. The van der Waals surface area contributed by atoms with Crippen LogP contribution in [0.4, 0.5) is 14.9 Å². The first-order valence-corrected chi connectivity index (χ1v) is 6.60. The number of nitro groups is 1. The molecule has 10 nitrogen and oxygen atoms in total. The zero-order chi connectivity index (χ0) is 16.0. The molecule has 0 radical (unpaired) electrons. The second-order valence-corrected chi connectivity index (χ2v) is 4.73. The highest BCUT2D eigenvalue weighted by Gasteiger charge is 2.24. The molecule has 21 heavy (non-hydrogen) atoms. The largest absolute Gasteiger partial charge is 0.481 e. The number of hydrogen-bond donors (Lipinski definition) is 2. The molecule has 0 spiro atoms. The van der Waals surface area contributed by atoms with E-state index >= 15 is 0 Å². The van der Waals surface area contributed by atoms with Gasteiger partial charge in [0, 0.05) is 13.0 Å². The van der Waals surface area contributed by atoms with Crippen molar-refractivity contribution in [3.8, 4) is 0 Å². The third kappa shape index (κ3) is 4.80. The summed E-state index contributed by atoms with van der Waals surface area (Å²) < 4.78 is 0. The van der Waals surface area contributed by atoms with Crippen molar-refractivity contribution >= 4 is 39.4 Å². The van der Waals surface area contributed by atoms with Crippen LogP contribution in [0.1, 0.15) is 19.8 Å². The summed E-state index contributed by atoms with van der Waals surface area (Å²) in [4.78, 5) is 48.2. The molecule has 0 aliphatic rings. The Bertz CT molecular complexity index is 572. The maximum Gasteiger partial charge on any atom is 0.345 e. The molecule has 1 aromatic heterocycles. The van der Waals surface area contributed by atoms with E-state index in [0.717, 1.165) is 11.1 Å². The minimum Gasteiger partial charge on any atom is -0.481 e. The first-order valence-electron chi connectivity index (χ1n) is 5.78. The zero-order valence-corrected chi connectivity index (χ0v) is 11.8. The van der Waals surface area contributed by atoms with E-state index in [1.165, 1.54) is 0 Å². The van der Waals surface area contributed by atoms with Gasteiger partial charge in [0.1, 0.15) is 6.20 Å². The maximum atomic E-state index is 11.9. The van der Waals surface area contributed by atoms with E-state index in [0.29, 0.717) is 11.3 Å². The smallest absolute Gasteiger partial charge is 0.345 e. The van der Waals surface area contributed by atoms with Gasteiger partial charge in [0.15, 0.2) is 5.13 Å². The monoisotopic (exact) mass is 316 g/mol. The van der Waals surface area contributed by atoms with E-state index in [4.69, 9.17) is 5.11 Å². The Morgan fingerprint density at radius 2 is 2.19 bits per heavy atom. The van der Waals surface area contributed by atoms with Gasteiger partial charge in [-0.2, -0.15) is 0 Å². The van der Waals surface area contributed by atoms with E-state index < -0.39 is 22.8 Å². The van der Waals surface area contributed by atoms with Crippen molar-refractivity contribution in [1.29, 1.82) is 0 Å². The summed E-state index contributed by atoms with van der Waals surface area (Å²) in [5.41, 5.74) is 0. The van der Waals surface area contributed by atoms with Crippen LogP contribution in [0.25, 0.3) is 0 Å². The Kier molecular flexibility index (Phi) is 5.72. The van der Waals surface area contributed by atoms with Crippen LogP contribution in [0.5, 0.6) is 0 Å². The molecule has 0 saturated heterocycles. The van der Waals surface area contributed by atoms with Gasteiger partial charge < -0.3 is 5.11 Å². The van der Waals surface area contributed by atoms with E-state index in [2.05, 4.69) is 4.98 Å². The van der Waals surface area contributed by atoms with Gasteiger partial charge in [0.05, 0.1) is 11.3 Å². The van der Waals surface area contributed by atoms with Gasteiger partial charge in [-0.15, -0.1) is 0 Å². The third-order valence-corrected chi connectivity index (χ3v) is 3.23. The summed E-state index contributed by atoms with van der Waals surface area (Å²) in [6, 6.07) is -0.868. The normalized spacial score (nSPS) is 9.95. The van der Waals surface area contributed by atoms with Crippen molar-refractivity contribution in [1.82, 2.24) is 10.3 Å². The van der Waals surface area contributed by atoms with E-state index in [-0.39, 0.29) is 29.5 Å². The number of nitrogens with zero attached hydrogens (tertiary/aromatic N) is 3. The minimum atomic E-state index is -1.15. The first-order chi connectivity index (χ1) is 9.85. The predicted octanol–water partition coefficient (Wildman–Crippen LogP) is 0.979. The van der Waals surface area contributed by atoms with Crippen molar-refractivity contribution in [2.24, 2.45) is 0 Å². The third-order valence-electron chi connectivity index (χ3n) is 2.25. The number of hydrogen-bond acceptors (Lipinski definition) is 7. The molecule has 0 bridgehead atoms. The molecular formula is C10H12N4O6S. The molecule has 0 aromatic carbocycles. The minimum absolute atomic E-state index is 0.0515. The molecule has 0 fully saturated rings. The van der Waals surface area contributed by atoms with E-state index in [1.807, 2.05) is 5.32 Å². The summed E-state index contributed by atoms with van der Waals surface area (Å²) in [7, 11) is 0. The molecule has 0 unspecified atom stereocenters. The Balaban J connectivity index is 2.94. The van der Waals surface area contributed by atoms with Gasteiger partial charge in [-0.05, 0) is 11.3 Å². The average Bonchev–Trinajstić information content (AvgIpc) is 2.88. The highest BCUT2D eigenvalue weighted by molar-refractivity contribution is 7.18. The van der Waals surface area contributed by atoms with Crippen LogP contribution < -0.4 is 10.2 Å². The van der Waals surface area contributed by atoms with Crippen LogP contribution in [-0.2, 0) is 9.59 Å². The lowest BCUT2D eigenvalue weighted by Gasteiger charge is -2.18. The molecule has 1 rings (SSSR count). The van der Waals surface area contributed by atoms with Crippen LogP contribution in [0.3, 0.4) is 0 Å². The SMILES string of the molecule is CCC(=O)NC(=O)N(CCC(=O)O)c1ncc([N+](=O)[O-])s1. The van der Waals surface area contributed by atoms with Crippen LogP contribution in [-0.4, -0.2) is 39.5 Å². The lowest BCUT2D eigenvalue weighted by Crippen LogP contribution is -2.43. The molecule has 0 saturated carbocycles. The number of aliphatic carboxylic acids is 1. The standard InChI is InChI=1S/C10H12N4O6S/c1-2-6(15)12-9(18)13(4-3-8(16)17)10-11-5-7(21-10)14(19)20/h5H,2-4H2,1H3,(H,16,17)(H,12,15,18). The van der Waals surface area contributed by atoms with Crippen molar-refractivity contribution in [2.75, 3.05) is 11.4 Å². The quantitative estimate of drug-likeness (QED) is 0.588. The van der Waals surface area contributed by atoms with Gasteiger partial charge in [0.25, 0.3) is 0 Å². The van der Waals surface area contributed by atoms with Crippen molar-refractivity contribution in [3.05, 3.63) is 16.3 Å². The van der Waals surface area contributed by atoms with E-state index in [9.17, 15) is 24.5 Å². The summed E-state index contributed by atoms with van der Waals surface area (Å²) in [5.74, 6) is -1.70. The number of aromatic nitrogens is 1. The van der Waals surface area contributed by atoms with Crippen LogP contribution in [0.15, 0.2) is 6.20 Å². The Labute approximate surface area is 122 Å². The maximum absolute atomic E-state index is 11.9. The molecule has 0 aliphatic heterocycles. The first kappa shape index (κ1) is 16.5. The second-order valence-electron chi connectivity index (χ2n) is 3.74. The highest BCUT2D eigenvalue weighted by atomic mass is 32.1. The van der Waals surface area contributed by atoms with Crippen LogP contribution >= 0.6 is 11.3 Å². The second kappa shape index (κ2) is 7.28. The number of urea groups is 1. The summed E-state index contributed by atoms with van der Waals surface area (Å²) in [6.07, 6.45) is 0.639. The number of carbonyl (C=O) groups is 3. The number of imide groups is 1. The fraction of sp³-hybridized carbons (Fsp3) is 0.400. The molecule has 114 valence electrons. The van der Waals surface area contributed by atoms with Crippen LogP contribution in [0.2, 0.25) is 0 Å². The lowest BCUT2D eigenvalue weighted by atomic mass is 10.4. The van der Waals surface area contributed by atoms with E-state index in [1.54, 1.807) is 6.92 Å². The number of anilines is 1. The number of carbonyl (C=O) groups excluding carboxylic acids is 2. The molecule has 1 aromatic rings. The number of carboxylic acids is 1. The molecule has 0 atom stereocenters. The van der Waals surface area contributed by atoms with Gasteiger partial charge in [-0.1, -0.05) is 6.92 Å². The van der Waals surface area contributed by atoms with Gasteiger partial charge in [0.2, 0.25) is 5.91 Å². The Morgan fingerprint density at radius 1 is 1.52 bits per heavy atom. The van der Waals surface area contributed by atoms with Crippen LogP contribution in [0, 0.1) is 10.1 Å². The molecule has 0 aliphatic carbocycles. The molecule has 3 amide bonds. The number of rotatable bonds is 6. The fourth-order valence-electron chi connectivity index (χ4n) is 1.23.